The second-order valence-electron chi connectivity index (χ2n) is 4.79. The minimum Gasteiger partial charge on any atom is -0.370 e. The van der Waals surface area contributed by atoms with E-state index in [0.717, 1.165) is 30.2 Å². The van der Waals surface area contributed by atoms with Crippen molar-refractivity contribution in [1.82, 2.24) is 15.0 Å². The number of benzene rings is 1. The Morgan fingerprint density at radius 3 is 2.70 bits per heavy atom. The van der Waals surface area contributed by atoms with E-state index in [1.807, 2.05) is 23.9 Å². The van der Waals surface area contributed by atoms with Gasteiger partial charge in [-0.25, -0.2) is 4.99 Å². The fraction of sp³-hybridized carbons (Fsp3) is 0.357. The van der Waals surface area contributed by atoms with Crippen molar-refractivity contribution in [1.29, 1.82) is 0 Å². The molecule has 23 heavy (non-hydrogen) atoms. The van der Waals surface area contributed by atoms with E-state index < -0.39 is 0 Å². The number of aliphatic imine (C=N–C) groups is 1. The van der Waals surface area contributed by atoms with Crippen LogP contribution >= 0.6 is 47.3 Å². The van der Waals surface area contributed by atoms with E-state index >= 15 is 0 Å². The molecule has 1 aliphatic heterocycles. The van der Waals surface area contributed by atoms with Gasteiger partial charge in [0, 0.05) is 35.2 Å². The summed E-state index contributed by atoms with van der Waals surface area (Å²) in [7, 11) is 0. The molecule has 0 spiro atoms. The van der Waals surface area contributed by atoms with Crippen LogP contribution in [-0.4, -0.2) is 45.6 Å². The summed E-state index contributed by atoms with van der Waals surface area (Å²) in [5.74, 6) is 3.66. The number of aromatic nitrogens is 2. The molecule has 1 saturated heterocycles. The summed E-state index contributed by atoms with van der Waals surface area (Å²) in [6.45, 7) is 2.15. The van der Waals surface area contributed by atoms with Crippen molar-refractivity contribution in [3.05, 3.63) is 35.2 Å². The first-order valence-electron chi connectivity index (χ1n) is 6.93. The molecule has 9 heteroatoms. The predicted molar refractivity (Wildman–Crippen MR) is 104 cm³/mol. The van der Waals surface area contributed by atoms with E-state index in [1.54, 1.807) is 12.1 Å². The molecule has 1 aromatic heterocycles. The van der Waals surface area contributed by atoms with E-state index in [4.69, 9.17) is 21.9 Å². The van der Waals surface area contributed by atoms with Crippen LogP contribution in [0.2, 0.25) is 5.02 Å². The summed E-state index contributed by atoms with van der Waals surface area (Å²) < 4.78 is 5.21. The van der Waals surface area contributed by atoms with Gasteiger partial charge in [-0.3, -0.25) is 0 Å². The Balaban J connectivity index is 0.00000192. The lowest BCUT2D eigenvalue weighted by molar-refractivity contribution is 0.379. The van der Waals surface area contributed by atoms with Crippen LogP contribution in [0, 0.1) is 0 Å². The van der Waals surface area contributed by atoms with Crippen LogP contribution in [0.5, 0.6) is 0 Å². The zero-order valence-corrected chi connectivity index (χ0v) is 16.2. The first-order chi connectivity index (χ1) is 10.7. The third kappa shape index (κ3) is 4.98. The second-order valence-corrected chi connectivity index (χ2v) is 6.45. The Morgan fingerprint density at radius 1 is 1.30 bits per heavy atom. The van der Waals surface area contributed by atoms with Gasteiger partial charge >= 0.3 is 0 Å². The minimum absolute atomic E-state index is 0. The van der Waals surface area contributed by atoms with E-state index in [0.29, 0.717) is 22.7 Å². The van der Waals surface area contributed by atoms with Gasteiger partial charge in [0.2, 0.25) is 11.7 Å². The van der Waals surface area contributed by atoms with Gasteiger partial charge in [0.05, 0.1) is 0 Å². The highest BCUT2D eigenvalue weighted by atomic mass is 127. The normalized spacial score (nSPS) is 15.3. The van der Waals surface area contributed by atoms with Gasteiger partial charge in [0.25, 0.3) is 0 Å². The van der Waals surface area contributed by atoms with E-state index in [-0.39, 0.29) is 30.5 Å². The number of hydrogen-bond donors (Lipinski definition) is 1. The summed E-state index contributed by atoms with van der Waals surface area (Å²) in [6, 6.07) is 7.27. The maximum Gasteiger partial charge on any atom is 0.248 e. The second kappa shape index (κ2) is 8.74. The number of hydrogen-bond acceptors (Lipinski definition) is 5. The smallest absolute Gasteiger partial charge is 0.248 e. The van der Waals surface area contributed by atoms with Gasteiger partial charge in [-0.1, -0.05) is 16.8 Å². The highest BCUT2D eigenvalue weighted by molar-refractivity contribution is 14.0. The van der Waals surface area contributed by atoms with Crippen LogP contribution in [0.1, 0.15) is 5.89 Å². The summed E-state index contributed by atoms with van der Waals surface area (Å²) in [5, 5.41) is 4.62. The van der Waals surface area contributed by atoms with Gasteiger partial charge in [-0.05, 0) is 24.3 Å². The highest BCUT2D eigenvalue weighted by Crippen LogP contribution is 2.18. The highest BCUT2D eigenvalue weighted by Gasteiger charge is 2.13. The van der Waals surface area contributed by atoms with Crippen molar-refractivity contribution >= 4 is 53.3 Å². The largest absolute Gasteiger partial charge is 0.370 e. The van der Waals surface area contributed by atoms with Crippen molar-refractivity contribution in [3.63, 3.8) is 0 Å². The molecule has 0 atom stereocenters. The fourth-order valence-corrected chi connectivity index (χ4v) is 3.11. The quantitative estimate of drug-likeness (QED) is 0.426. The van der Waals surface area contributed by atoms with E-state index in [1.165, 1.54) is 0 Å². The molecule has 2 N–H and O–H groups in total. The Labute approximate surface area is 160 Å². The third-order valence-corrected chi connectivity index (χ3v) is 4.48. The molecule has 6 nitrogen and oxygen atoms in total. The van der Waals surface area contributed by atoms with Gasteiger partial charge in [-0.15, -0.1) is 24.0 Å². The van der Waals surface area contributed by atoms with Crippen molar-refractivity contribution < 1.29 is 4.52 Å². The average molecular weight is 466 g/mol. The molecule has 1 fully saturated rings. The summed E-state index contributed by atoms with van der Waals surface area (Å²) >= 11 is 7.79. The maximum atomic E-state index is 5.99. The number of thioether (sulfide) groups is 1. The van der Waals surface area contributed by atoms with Gasteiger partial charge in [0.15, 0.2) is 5.96 Å². The summed E-state index contributed by atoms with van der Waals surface area (Å²) in [4.78, 5) is 10.7. The number of nitrogens with two attached hydrogens (primary N) is 1. The molecule has 0 bridgehead atoms. The van der Waals surface area contributed by atoms with Gasteiger partial charge < -0.3 is 15.2 Å². The van der Waals surface area contributed by atoms with Crippen molar-refractivity contribution in [3.8, 4) is 11.4 Å². The number of nitrogens with zero attached hydrogens (tertiary/aromatic N) is 4. The zero-order valence-electron chi connectivity index (χ0n) is 12.3. The standard InChI is InChI=1S/C14H16ClN5OS.HI/c15-11-3-1-10(2-4-11)13-18-12(21-19-13)9-17-14(16)20-5-7-22-8-6-20;/h1-4H,5-9H2,(H2,16,17);1H. The monoisotopic (exact) mass is 465 g/mol. The Kier molecular flexibility index (Phi) is 6.97. The van der Waals surface area contributed by atoms with Crippen LogP contribution in [-0.2, 0) is 6.54 Å². The lowest BCUT2D eigenvalue weighted by Crippen LogP contribution is -2.42. The molecule has 0 radical (unpaired) electrons. The molecule has 1 aromatic carbocycles. The molecule has 3 rings (SSSR count). The fourth-order valence-electron chi connectivity index (χ4n) is 2.08. The Morgan fingerprint density at radius 2 is 2.00 bits per heavy atom. The molecule has 2 aromatic rings. The van der Waals surface area contributed by atoms with Crippen LogP contribution in [0.15, 0.2) is 33.8 Å². The van der Waals surface area contributed by atoms with Crippen LogP contribution in [0.4, 0.5) is 0 Å². The molecule has 0 aliphatic carbocycles. The molecular formula is C14H17ClIN5OS. The first kappa shape index (κ1) is 18.3. The molecule has 0 saturated carbocycles. The van der Waals surface area contributed by atoms with Crippen LogP contribution < -0.4 is 5.73 Å². The molecule has 0 amide bonds. The van der Waals surface area contributed by atoms with Crippen molar-refractivity contribution in [2.75, 3.05) is 24.6 Å². The lowest BCUT2D eigenvalue weighted by atomic mass is 10.2. The predicted octanol–water partition coefficient (Wildman–Crippen LogP) is 2.87. The van der Waals surface area contributed by atoms with E-state index in [2.05, 4.69) is 20.0 Å². The van der Waals surface area contributed by atoms with Gasteiger partial charge in [0.1, 0.15) is 6.54 Å². The maximum absolute atomic E-state index is 5.99. The first-order valence-corrected chi connectivity index (χ1v) is 8.47. The average Bonchev–Trinajstić information content (AvgIpc) is 3.03. The number of guanidine groups is 1. The molecule has 1 aliphatic rings. The SMILES string of the molecule is I.NC(=NCc1nc(-c2ccc(Cl)cc2)no1)N1CCSCC1. The van der Waals surface area contributed by atoms with Gasteiger partial charge in [-0.2, -0.15) is 16.7 Å². The minimum atomic E-state index is 0. The Hall–Kier alpha value is -1.00. The summed E-state index contributed by atoms with van der Waals surface area (Å²) in [6.07, 6.45) is 0. The van der Waals surface area contributed by atoms with Crippen LogP contribution in [0.3, 0.4) is 0 Å². The Bertz CT molecular complexity index is 657. The molecule has 124 valence electrons. The van der Waals surface area contributed by atoms with Crippen molar-refractivity contribution in [2.24, 2.45) is 10.7 Å². The lowest BCUT2D eigenvalue weighted by Gasteiger charge is -2.26. The van der Waals surface area contributed by atoms with Crippen LogP contribution in [0.25, 0.3) is 11.4 Å². The summed E-state index contributed by atoms with van der Waals surface area (Å²) in [5.41, 5.74) is 6.84. The molecular weight excluding hydrogens is 449 g/mol. The zero-order chi connectivity index (χ0) is 15.4. The molecule has 0 unspecified atom stereocenters. The van der Waals surface area contributed by atoms with E-state index in [9.17, 15) is 0 Å². The molecule has 2 heterocycles. The topological polar surface area (TPSA) is 80.5 Å². The number of halogens is 2. The third-order valence-electron chi connectivity index (χ3n) is 3.28. The van der Waals surface area contributed by atoms with Crippen molar-refractivity contribution in [2.45, 2.75) is 6.54 Å². The number of rotatable bonds is 3.